The first-order valence-corrected chi connectivity index (χ1v) is 6.44. The van der Waals surface area contributed by atoms with Crippen LogP contribution < -0.4 is 10.9 Å². The first-order chi connectivity index (χ1) is 10.4. The van der Waals surface area contributed by atoms with Crippen molar-refractivity contribution >= 4 is 12.0 Å². The molecule has 116 valence electrons. The summed E-state index contributed by atoms with van der Waals surface area (Å²) in [6.07, 6.45) is -4.39. The molecule has 0 spiro atoms. The van der Waals surface area contributed by atoms with Crippen LogP contribution in [0.2, 0.25) is 0 Å². The Hall–Kier alpha value is -2.41. The molecule has 2 rings (SSSR count). The molecule has 0 unspecified atom stereocenters. The second-order valence-electron chi connectivity index (χ2n) is 4.62. The summed E-state index contributed by atoms with van der Waals surface area (Å²) < 4.78 is 38.9. The molecule has 0 amide bonds. The molecular weight excluding hydrogens is 295 g/mol. The number of pyridine rings is 1. The number of alkyl halides is 3. The highest BCUT2D eigenvalue weighted by Gasteiger charge is 2.33. The molecule has 0 atom stereocenters. The van der Waals surface area contributed by atoms with Crippen LogP contribution in [0.4, 0.5) is 18.9 Å². The number of hydrazine groups is 1. The molecule has 2 aromatic rings. The van der Waals surface area contributed by atoms with Crippen LogP contribution in [0.15, 0.2) is 30.3 Å². The van der Waals surface area contributed by atoms with Gasteiger partial charge in [-0.1, -0.05) is 12.1 Å². The molecule has 7 heteroatoms. The van der Waals surface area contributed by atoms with Crippen molar-refractivity contribution < 1.29 is 18.0 Å². The van der Waals surface area contributed by atoms with E-state index in [4.69, 9.17) is 0 Å². The third-order valence-corrected chi connectivity index (χ3v) is 3.13. The molecule has 0 bridgehead atoms. The number of rotatable bonds is 4. The number of nitrogens with zero attached hydrogens (tertiary/aromatic N) is 1. The Balaban J connectivity index is 2.49. The predicted molar refractivity (Wildman–Crippen MR) is 77.5 cm³/mol. The Kier molecular flexibility index (Phi) is 4.46. The Morgan fingerprint density at radius 1 is 1.18 bits per heavy atom. The normalized spacial score (nSPS) is 11.3. The molecule has 1 aromatic heterocycles. The average molecular weight is 309 g/mol. The summed E-state index contributed by atoms with van der Waals surface area (Å²) >= 11 is 0. The molecule has 22 heavy (non-hydrogen) atoms. The van der Waals surface area contributed by atoms with Crippen molar-refractivity contribution in [2.45, 2.75) is 13.1 Å². The average Bonchev–Trinajstić information content (AvgIpc) is 2.48. The lowest BCUT2D eigenvalue weighted by Gasteiger charge is -2.13. The van der Waals surface area contributed by atoms with Gasteiger partial charge in [0.15, 0.2) is 6.29 Å². The predicted octanol–water partition coefficient (Wildman–Crippen LogP) is 3.43. The third kappa shape index (κ3) is 3.25. The van der Waals surface area contributed by atoms with Crippen LogP contribution >= 0.6 is 0 Å². The summed E-state index contributed by atoms with van der Waals surface area (Å²) in [5.41, 5.74) is 6.35. The molecule has 1 aromatic carbocycles. The lowest BCUT2D eigenvalue weighted by molar-refractivity contribution is -0.137. The summed E-state index contributed by atoms with van der Waals surface area (Å²) in [6, 6.07) is 6.88. The van der Waals surface area contributed by atoms with Crippen LogP contribution in [0.1, 0.15) is 21.6 Å². The zero-order valence-corrected chi connectivity index (χ0v) is 12.0. The summed E-state index contributed by atoms with van der Waals surface area (Å²) in [5, 5.41) is 0. The number of aromatic nitrogens is 1. The second-order valence-corrected chi connectivity index (χ2v) is 4.62. The molecule has 0 fully saturated rings. The summed E-state index contributed by atoms with van der Waals surface area (Å²) in [7, 11) is 1.70. The van der Waals surface area contributed by atoms with E-state index in [9.17, 15) is 18.0 Å². The molecule has 4 nitrogen and oxygen atoms in total. The Labute approximate surface area is 125 Å². The fourth-order valence-corrected chi connectivity index (χ4v) is 2.05. The van der Waals surface area contributed by atoms with Crippen LogP contribution in [0.3, 0.4) is 0 Å². The zero-order valence-electron chi connectivity index (χ0n) is 12.0. The van der Waals surface area contributed by atoms with E-state index >= 15 is 0 Å². The molecule has 0 radical (unpaired) electrons. The number of carbonyl (C=O) groups excluding carboxylic acids is 1. The number of halogens is 3. The van der Waals surface area contributed by atoms with Crippen molar-refractivity contribution in [3.8, 4) is 11.3 Å². The van der Waals surface area contributed by atoms with E-state index in [-0.39, 0.29) is 11.8 Å². The molecule has 0 aliphatic carbocycles. The van der Waals surface area contributed by atoms with Crippen molar-refractivity contribution in [2.75, 3.05) is 12.5 Å². The first kappa shape index (κ1) is 16.0. The topological polar surface area (TPSA) is 54.0 Å². The van der Waals surface area contributed by atoms with Crippen molar-refractivity contribution in [3.63, 3.8) is 0 Å². The van der Waals surface area contributed by atoms with Crippen LogP contribution in [-0.4, -0.2) is 18.3 Å². The Morgan fingerprint density at radius 2 is 1.91 bits per heavy atom. The monoisotopic (exact) mass is 309 g/mol. The number of aldehydes is 1. The SMILES string of the molecule is CNNc1ccc(-c2ccc(C=O)c(C(F)(F)F)c2)nc1C. The van der Waals surface area contributed by atoms with E-state index in [2.05, 4.69) is 15.8 Å². The van der Waals surface area contributed by atoms with Gasteiger partial charge in [-0.05, 0) is 25.1 Å². The number of anilines is 1. The molecule has 0 aliphatic heterocycles. The van der Waals surface area contributed by atoms with Crippen molar-refractivity contribution in [3.05, 3.63) is 47.2 Å². The van der Waals surface area contributed by atoms with Gasteiger partial charge >= 0.3 is 6.18 Å². The Morgan fingerprint density at radius 3 is 2.45 bits per heavy atom. The summed E-state index contributed by atoms with van der Waals surface area (Å²) in [5.74, 6) is 0. The van der Waals surface area contributed by atoms with Crippen LogP contribution in [-0.2, 0) is 6.18 Å². The van der Waals surface area contributed by atoms with Crippen molar-refractivity contribution in [1.29, 1.82) is 0 Å². The first-order valence-electron chi connectivity index (χ1n) is 6.44. The lowest BCUT2D eigenvalue weighted by atomic mass is 10.0. The Bertz CT molecular complexity index is 699. The fraction of sp³-hybridized carbons (Fsp3) is 0.200. The maximum atomic E-state index is 13.0. The van der Waals surface area contributed by atoms with Gasteiger partial charge in [-0.15, -0.1) is 0 Å². The van der Waals surface area contributed by atoms with Gasteiger partial charge in [0.2, 0.25) is 0 Å². The fourth-order valence-electron chi connectivity index (χ4n) is 2.05. The number of hydrogen-bond acceptors (Lipinski definition) is 4. The molecule has 2 N–H and O–H groups in total. The van der Waals surface area contributed by atoms with E-state index in [0.29, 0.717) is 17.0 Å². The minimum atomic E-state index is -4.59. The summed E-state index contributed by atoms with van der Waals surface area (Å²) in [4.78, 5) is 15.0. The maximum absolute atomic E-state index is 13.0. The van der Waals surface area contributed by atoms with Crippen LogP contribution in [0, 0.1) is 6.92 Å². The second kappa shape index (κ2) is 6.15. The highest BCUT2D eigenvalue weighted by atomic mass is 19.4. The smallest absolute Gasteiger partial charge is 0.320 e. The van der Waals surface area contributed by atoms with Crippen molar-refractivity contribution in [1.82, 2.24) is 10.4 Å². The third-order valence-electron chi connectivity index (χ3n) is 3.13. The summed E-state index contributed by atoms with van der Waals surface area (Å²) in [6.45, 7) is 1.74. The highest BCUT2D eigenvalue weighted by molar-refractivity contribution is 5.80. The van der Waals surface area contributed by atoms with Crippen molar-refractivity contribution in [2.24, 2.45) is 0 Å². The van der Waals surface area contributed by atoms with Gasteiger partial charge in [-0.3, -0.25) is 9.78 Å². The van der Waals surface area contributed by atoms with Gasteiger partial charge < -0.3 is 5.43 Å². The van der Waals surface area contributed by atoms with Gasteiger partial charge in [-0.2, -0.15) is 13.2 Å². The lowest BCUT2D eigenvalue weighted by Crippen LogP contribution is -2.16. The minimum absolute atomic E-state index is 0.200. The van der Waals surface area contributed by atoms with Gasteiger partial charge in [-0.25, -0.2) is 5.43 Å². The number of nitrogens with one attached hydrogen (secondary N) is 2. The number of hydrogen-bond donors (Lipinski definition) is 2. The van der Waals surface area contributed by atoms with E-state index in [0.717, 1.165) is 17.8 Å². The molecule has 1 heterocycles. The molecule has 0 aliphatic rings. The van der Waals surface area contributed by atoms with Crippen LogP contribution in [0.5, 0.6) is 0 Å². The van der Waals surface area contributed by atoms with Crippen LogP contribution in [0.25, 0.3) is 11.3 Å². The van der Waals surface area contributed by atoms with Gasteiger partial charge in [0.25, 0.3) is 0 Å². The largest absolute Gasteiger partial charge is 0.417 e. The van der Waals surface area contributed by atoms with E-state index in [1.54, 1.807) is 26.1 Å². The number of carbonyl (C=O) groups is 1. The standard InChI is InChI=1S/C15H14F3N3O/c1-9-13(21-19-2)5-6-14(20-9)10-3-4-11(8-22)12(7-10)15(16,17)18/h3-8,19,21H,1-2H3. The molecular formula is C15H14F3N3O. The highest BCUT2D eigenvalue weighted by Crippen LogP contribution is 2.34. The van der Waals surface area contributed by atoms with E-state index < -0.39 is 11.7 Å². The van der Waals surface area contributed by atoms with Gasteiger partial charge in [0.1, 0.15) is 0 Å². The number of benzene rings is 1. The molecule has 0 saturated heterocycles. The van der Waals surface area contributed by atoms with E-state index in [1.807, 2.05) is 0 Å². The maximum Gasteiger partial charge on any atom is 0.417 e. The quantitative estimate of drug-likeness (QED) is 0.671. The molecule has 0 saturated carbocycles. The van der Waals surface area contributed by atoms with Gasteiger partial charge in [0.05, 0.1) is 22.6 Å². The van der Waals surface area contributed by atoms with E-state index in [1.165, 1.54) is 6.07 Å². The van der Waals surface area contributed by atoms with Gasteiger partial charge in [0, 0.05) is 18.2 Å². The minimum Gasteiger partial charge on any atom is -0.320 e. The number of aryl methyl sites for hydroxylation is 1. The zero-order chi connectivity index (χ0) is 16.3.